The van der Waals surface area contributed by atoms with E-state index in [1.807, 2.05) is 13.8 Å². The molecule has 138 valence electrons. The Morgan fingerprint density at radius 3 is 2.17 bits per heavy atom. The second-order valence-electron chi connectivity index (χ2n) is 7.55. The van der Waals surface area contributed by atoms with Gasteiger partial charge < -0.3 is 19.7 Å². The number of rotatable bonds is 10. The van der Waals surface area contributed by atoms with Crippen molar-refractivity contribution < 1.29 is 19.7 Å². The standard InChI is InChI=1S/C18H35BrO4/c1-12(2)9-10-22-18(21)16(19)11-14-5-7-15(8-6-14)17(20)23-13(3)4/h12-18,20-21H,5-11H2,1-4H3. The summed E-state index contributed by atoms with van der Waals surface area (Å²) in [5.74, 6) is 1.41. The minimum absolute atomic E-state index is 0.0203. The first-order valence-electron chi connectivity index (χ1n) is 9.06. The van der Waals surface area contributed by atoms with E-state index in [9.17, 15) is 10.2 Å². The highest BCUT2D eigenvalue weighted by molar-refractivity contribution is 9.09. The van der Waals surface area contributed by atoms with Crippen LogP contribution in [0.3, 0.4) is 0 Å². The molecule has 0 aromatic carbocycles. The van der Waals surface area contributed by atoms with Crippen LogP contribution in [0.25, 0.3) is 0 Å². The lowest BCUT2D eigenvalue weighted by molar-refractivity contribution is -0.164. The molecule has 2 N–H and O–H groups in total. The molecule has 1 aliphatic rings. The summed E-state index contributed by atoms with van der Waals surface area (Å²) in [5, 5.41) is 20.1. The Morgan fingerprint density at radius 1 is 1.04 bits per heavy atom. The Balaban J connectivity index is 2.24. The largest absolute Gasteiger partial charge is 0.368 e. The van der Waals surface area contributed by atoms with Gasteiger partial charge >= 0.3 is 0 Å². The smallest absolute Gasteiger partial charge is 0.167 e. The van der Waals surface area contributed by atoms with Crippen molar-refractivity contribution in [1.82, 2.24) is 0 Å². The van der Waals surface area contributed by atoms with Crippen molar-refractivity contribution in [3.63, 3.8) is 0 Å². The third kappa shape index (κ3) is 8.82. The molecule has 0 amide bonds. The molecule has 5 heteroatoms. The number of ether oxygens (including phenoxy) is 2. The van der Waals surface area contributed by atoms with Gasteiger partial charge in [0.15, 0.2) is 12.6 Å². The molecule has 0 aromatic heterocycles. The van der Waals surface area contributed by atoms with E-state index in [-0.39, 0.29) is 16.8 Å². The third-order valence-corrected chi connectivity index (χ3v) is 5.38. The van der Waals surface area contributed by atoms with Gasteiger partial charge in [-0.05, 0) is 64.2 Å². The first-order valence-corrected chi connectivity index (χ1v) is 9.98. The summed E-state index contributed by atoms with van der Waals surface area (Å²) in [6, 6.07) is 0. The number of hydrogen-bond acceptors (Lipinski definition) is 4. The fourth-order valence-electron chi connectivity index (χ4n) is 3.06. The van der Waals surface area contributed by atoms with E-state index in [4.69, 9.17) is 9.47 Å². The van der Waals surface area contributed by atoms with E-state index >= 15 is 0 Å². The number of aliphatic hydroxyl groups is 2. The zero-order chi connectivity index (χ0) is 17.4. The maximum atomic E-state index is 10.1. The Morgan fingerprint density at radius 2 is 1.65 bits per heavy atom. The fraction of sp³-hybridized carbons (Fsp3) is 1.00. The third-order valence-electron chi connectivity index (χ3n) is 4.56. The molecule has 4 nitrogen and oxygen atoms in total. The van der Waals surface area contributed by atoms with Crippen molar-refractivity contribution in [2.24, 2.45) is 17.8 Å². The quantitative estimate of drug-likeness (QED) is 0.433. The minimum atomic E-state index is -0.735. The molecule has 1 saturated carbocycles. The summed E-state index contributed by atoms with van der Waals surface area (Å²) in [5.41, 5.74) is 0. The van der Waals surface area contributed by atoms with Crippen LogP contribution in [0.2, 0.25) is 0 Å². The lowest BCUT2D eigenvalue weighted by atomic mass is 9.79. The van der Waals surface area contributed by atoms with Crippen molar-refractivity contribution in [2.75, 3.05) is 6.61 Å². The normalized spacial score (nSPS) is 26.5. The van der Waals surface area contributed by atoms with Gasteiger partial charge in [-0.2, -0.15) is 0 Å². The second kappa shape index (κ2) is 11.0. The second-order valence-corrected chi connectivity index (χ2v) is 8.73. The van der Waals surface area contributed by atoms with Gasteiger partial charge in [0.25, 0.3) is 0 Å². The zero-order valence-electron chi connectivity index (χ0n) is 15.1. The molecule has 0 bridgehead atoms. The maximum absolute atomic E-state index is 10.1. The average molecular weight is 395 g/mol. The van der Waals surface area contributed by atoms with Crippen LogP contribution in [0.4, 0.5) is 0 Å². The molecular formula is C18H35BrO4. The molecule has 0 saturated heterocycles. The molecule has 1 aliphatic carbocycles. The van der Waals surface area contributed by atoms with E-state index in [1.54, 1.807) is 0 Å². The van der Waals surface area contributed by atoms with Crippen molar-refractivity contribution in [1.29, 1.82) is 0 Å². The van der Waals surface area contributed by atoms with Crippen LogP contribution in [-0.4, -0.2) is 40.3 Å². The SMILES string of the molecule is CC(C)CCOC(O)C(Br)CC1CCC(C(O)OC(C)C)CC1. The van der Waals surface area contributed by atoms with Gasteiger partial charge in [-0.1, -0.05) is 29.8 Å². The zero-order valence-corrected chi connectivity index (χ0v) is 16.7. The molecular weight excluding hydrogens is 360 g/mol. The molecule has 0 aromatic rings. The van der Waals surface area contributed by atoms with Crippen LogP contribution in [-0.2, 0) is 9.47 Å². The van der Waals surface area contributed by atoms with Crippen LogP contribution in [0.15, 0.2) is 0 Å². The van der Waals surface area contributed by atoms with Crippen molar-refractivity contribution in [3.05, 3.63) is 0 Å². The van der Waals surface area contributed by atoms with Crippen LogP contribution in [0.5, 0.6) is 0 Å². The van der Waals surface area contributed by atoms with Crippen LogP contribution < -0.4 is 0 Å². The highest BCUT2D eigenvalue weighted by Crippen LogP contribution is 2.35. The van der Waals surface area contributed by atoms with Crippen molar-refractivity contribution in [3.8, 4) is 0 Å². The molecule has 3 unspecified atom stereocenters. The van der Waals surface area contributed by atoms with E-state index in [0.717, 1.165) is 38.5 Å². The van der Waals surface area contributed by atoms with E-state index in [0.29, 0.717) is 18.4 Å². The van der Waals surface area contributed by atoms with Gasteiger partial charge in [0.1, 0.15) is 0 Å². The van der Waals surface area contributed by atoms with Crippen LogP contribution >= 0.6 is 15.9 Å². The molecule has 23 heavy (non-hydrogen) atoms. The molecule has 3 atom stereocenters. The van der Waals surface area contributed by atoms with Gasteiger partial charge in [-0.3, -0.25) is 0 Å². The van der Waals surface area contributed by atoms with Gasteiger partial charge in [0.2, 0.25) is 0 Å². The highest BCUT2D eigenvalue weighted by atomic mass is 79.9. The molecule has 0 radical (unpaired) electrons. The highest BCUT2D eigenvalue weighted by Gasteiger charge is 2.30. The van der Waals surface area contributed by atoms with Crippen LogP contribution in [0.1, 0.15) is 66.2 Å². The lowest BCUT2D eigenvalue weighted by Gasteiger charge is -2.33. The molecule has 1 rings (SSSR count). The Bertz CT molecular complexity index is 303. The molecule has 0 spiro atoms. The van der Waals surface area contributed by atoms with Crippen molar-refractivity contribution in [2.45, 2.75) is 89.7 Å². The summed E-state index contributed by atoms with van der Waals surface area (Å²) >= 11 is 3.57. The number of hydrogen-bond donors (Lipinski definition) is 2. The summed E-state index contributed by atoms with van der Waals surface area (Å²) in [4.78, 5) is -0.0203. The minimum Gasteiger partial charge on any atom is -0.368 e. The van der Waals surface area contributed by atoms with Gasteiger partial charge in [-0.25, -0.2) is 0 Å². The van der Waals surface area contributed by atoms with Crippen LogP contribution in [0, 0.1) is 17.8 Å². The number of alkyl halides is 1. The predicted molar refractivity (Wildman–Crippen MR) is 96.4 cm³/mol. The first kappa shape index (κ1) is 21.4. The number of aliphatic hydroxyl groups excluding tert-OH is 2. The van der Waals surface area contributed by atoms with E-state index in [2.05, 4.69) is 29.8 Å². The summed E-state index contributed by atoms with van der Waals surface area (Å²) in [6.45, 7) is 8.80. The Labute approximate surface area is 150 Å². The van der Waals surface area contributed by atoms with Gasteiger partial charge in [-0.15, -0.1) is 0 Å². The molecule has 1 fully saturated rings. The van der Waals surface area contributed by atoms with Crippen molar-refractivity contribution >= 4 is 15.9 Å². The predicted octanol–water partition coefficient (Wildman–Crippen LogP) is 4.07. The monoisotopic (exact) mass is 394 g/mol. The fourth-order valence-corrected chi connectivity index (χ4v) is 3.74. The van der Waals surface area contributed by atoms with Gasteiger partial charge in [0.05, 0.1) is 17.5 Å². The molecule has 0 heterocycles. The summed E-state index contributed by atoms with van der Waals surface area (Å²) in [6.07, 6.45) is 4.70. The average Bonchev–Trinajstić information content (AvgIpc) is 2.46. The topological polar surface area (TPSA) is 58.9 Å². The van der Waals surface area contributed by atoms with E-state index < -0.39 is 12.6 Å². The number of halogens is 1. The summed E-state index contributed by atoms with van der Waals surface area (Å²) < 4.78 is 11.0. The maximum Gasteiger partial charge on any atom is 0.167 e. The first-order chi connectivity index (χ1) is 10.8. The lowest BCUT2D eigenvalue weighted by Crippen LogP contribution is -2.32. The van der Waals surface area contributed by atoms with E-state index in [1.165, 1.54) is 0 Å². The Kier molecular flexibility index (Phi) is 10.3. The molecule has 0 aliphatic heterocycles. The summed E-state index contributed by atoms with van der Waals surface area (Å²) in [7, 11) is 0. The Hall–Kier alpha value is 0.320. The van der Waals surface area contributed by atoms with Gasteiger partial charge in [0, 0.05) is 5.92 Å².